The molecule has 1 N–H and O–H groups in total. The van der Waals surface area contributed by atoms with Crippen LogP contribution in [-0.4, -0.2) is 78.4 Å². The number of nitrogens with zero attached hydrogens (tertiary/aromatic N) is 7. The molecule has 36 heavy (non-hydrogen) atoms. The highest BCUT2D eigenvalue weighted by Gasteiger charge is 2.67. The second kappa shape index (κ2) is 7.95. The number of amides is 1. The number of para-hydroxylation sites is 1. The fourth-order valence-corrected chi connectivity index (χ4v) is 4.76. The summed E-state index contributed by atoms with van der Waals surface area (Å²) in [5.41, 5.74) is -7.33. The van der Waals surface area contributed by atoms with Gasteiger partial charge >= 0.3 is 0 Å². The number of rotatable bonds is 4. The van der Waals surface area contributed by atoms with Crippen molar-refractivity contribution in [1.82, 2.24) is 29.9 Å². The molecule has 5 rings (SSSR count). The van der Waals surface area contributed by atoms with Crippen molar-refractivity contribution in [1.29, 1.82) is 0 Å². The molecule has 2 aliphatic heterocycles. The first-order valence-corrected chi connectivity index (χ1v) is 11.2. The highest BCUT2D eigenvalue weighted by molar-refractivity contribution is 5.98. The Labute approximate surface area is 203 Å². The molecular formula is C23H23F4N7O2. The van der Waals surface area contributed by atoms with Crippen molar-refractivity contribution in [3.05, 3.63) is 59.2 Å². The van der Waals surface area contributed by atoms with Crippen molar-refractivity contribution in [3.8, 4) is 5.69 Å². The molecule has 2 atom stereocenters. The summed E-state index contributed by atoms with van der Waals surface area (Å²) in [7, 11) is 0. The quantitative estimate of drug-likeness (QED) is 0.543. The number of halogens is 4. The van der Waals surface area contributed by atoms with Crippen LogP contribution in [0.1, 0.15) is 35.6 Å². The molecule has 0 unspecified atom stereocenters. The van der Waals surface area contributed by atoms with Gasteiger partial charge < -0.3 is 14.9 Å². The number of hydrogen-bond acceptors (Lipinski definition) is 7. The molecule has 0 radical (unpaired) electrons. The summed E-state index contributed by atoms with van der Waals surface area (Å²) in [6, 6.07) is 3.79. The Bertz CT molecular complexity index is 1330. The zero-order chi connectivity index (χ0) is 26.0. The summed E-state index contributed by atoms with van der Waals surface area (Å²) >= 11 is 0. The van der Waals surface area contributed by atoms with Gasteiger partial charge in [0.05, 0.1) is 49.8 Å². The molecule has 2 aliphatic rings. The molecule has 0 saturated carbocycles. The van der Waals surface area contributed by atoms with Gasteiger partial charge in [0.1, 0.15) is 17.0 Å². The van der Waals surface area contributed by atoms with E-state index in [0.717, 1.165) is 15.8 Å². The van der Waals surface area contributed by atoms with Crippen LogP contribution >= 0.6 is 0 Å². The van der Waals surface area contributed by atoms with E-state index in [1.54, 1.807) is 0 Å². The van der Waals surface area contributed by atoms with Crippen LogP contribution < -0.4 is 4.90 Å². The molecule has 13 heteroatoms. The predicted octanol–water partition coefficient (Wildman–Crippen LogP) is 2.26. The monoisotopic (exact) mass is 505 g/mol. The van der Waals surface area contributed by atoms with E-state index >= 15 is 8.78 Å². The summed E-state index contributed by atoms with van der Waals surface area (Å²) in [5.74, 6) is -2.46. The van der Waals surface area contributed by atoms with E-state index < -0.39 is 60.7 Å². The first kappa shape index (κ1) is 24.1. The van der Waals surface area contributed by atoms with Crippen molar-refractivity contribution >= 4 is 11.9 Å². The van der Waals surface area contributed by atoms with Crippen LogP contribution in [0, 0.1) is 18.6 Å². The minimum atomic E-state index is -2.49. The minimum absolute atomic E-state index is 0.0716. The highest BCUT2D eigenvalue weighted by atomic mass is 19.2. The minimum Gasteiger partial charge on any atom is -0.384 e. The number of carbonyl (C=O) groups is 1. The van der Waals surface area contributed by atoms with Gasteiger partial charge in [0, 0.05) is 0 Å². The zero-order valence-corrected chi connectivity index (χ0v) is 19.7. The summed E-state index contributed by atoms with van der Waals surface area (Å²) in [6.07, 6.45) is 2.62. The fourth-order valence-electron chi connectivity index (χ4n) is 4.76. The number of fused-ring (bicyclic) bond motifs is 1. The van der Waals surface area contributed by atoms with Crippen LogP contribution in [-0.2, 0) is 5.60 Å². The van der Waals surface area contributed by atoms with Gasteiger partial charge in [-0.15, -0.1) is 4.80 Å². The topological polar surface area (TPSA) is 100 Å². The number of benzene rings is 1. The van der Waals surface area contributed by atoms with Crippen molar-refractivity contribution in [2.45, 2.75) is 37.7 Å². The number of likely N-dealkylation sites (tertiary alicyclic amines) is 1. The van der Waals surface area contributed by atoms with Crippen molar-refractivity contribution in [2.24, 2.45) is 0 Å². The van der Waals surface area contributed by atoms with Crippen LogP contribution in [0.15, 0.2) is 30.6 Å². The van der Waals surface area contributed by atoms with E-state index in [9.17, 15) is 18.7 Å². The number of aliphatic hydroxyl groups is 1. The molecule has 3 aromatic rings. The van der Waals surface area contributed by atoms with E-state index in [4.69, 9.17) is 0 Å². The van der Waals surface area contributed by atoms with Crippen LogP contribution in [0.4, 0.5) is 23.5 Å². The van der Waals surface area contributed by atoms with Gasteiger partial charge in [0.25, 0.3) is 5.91 Å². The molecular weight excluding hydrogens is 482 g/mol. The third kappa shape index (κ3) is 3.69. The Morgan fingerprint density at radius 2 is 1.64 bits per heavy atom. The second-order valence-electron chi connectivity index (χ2n) is 9.73. The number of aryl methyl sites for hydroxylation is 1. The maximum atomic E-state index is 16.0. The molecule has 190 valence electrons. The average Bonchev–Trinajstić information content (AvgIpc) is 3.46. The number of carbonyl (C=O) groups excluding carboxylic acids is 1. The summed E-state index contributed by atoms with van der Waals surface area (Å²) in [4.78, 5) is 24.5. The number of anilines is 1. The Morgan fingerprint density at radius 1 is 1.03 bits per heavy atom. The molecule has 9 nitrogen and oxygen atoms in total. The SMILES string of the molecule is Cc1nc(N2C[C@]3(F)CN(C(=O)c4cccc(F)c4-n4nccn4)C[C@]3(F)C2)nc(C(C)(C)O)c1F. The van der Waals surface area contributed by atoms with Crippen LogP contribution in [0.3, 0.4) is 0 Å². The maximum absolute atomic E-state index is 16.0. The Hall–Kier alpha value is -3.61. The lowest BCUT2D eigenvalue weighted by Gasteiger charge is -2.25. The summed E-state index contributed by atoms with van der Waals surface area (Å²) < 4.78 is 61.1. The van der Waals surface area contributed by atoms with Gasteiger partial charge in [-0.25, -0.2) is 27.5 Å². The standard InChI is InChI=1S/C23H23F4N7O2/c1-13-16(25)18(21(2,3)36)31-20(30-13)33-11-22(26)9-32(10-23(22,27)12-33)19(35)14-5-4-6-15(24)17(14)34-28-7-8-29-34/h4-8,36H,9-12H2,1-3H3/t22-,23+. The molecule has 0 spiro atoms. The predicted molar refractivity (Wildman–Crippen MR) is 119 cm³/mol. The third-order valence-electron chi connectivity index (χ3n) is 6.56. The van der Waals surface area contributed by atoms with Crippen molar-refractivity contribution < 1.29 is 27.5 Å². The molecule has 0 aliphatic carbocycles. The second-order valence-corrected chi connectivity index (χ2v) is 9.73. The number of alkyl halides is 2. The molecule has 4 heterocycles. The van der Waals surface area contributed by atoms with Gasteiger partial charge in [-0.05, 0) is 32.9 Å². The van der Waals surface area contributed by atoms with Crippen LogP contribution in [0.25, 0.3) is 5.69 Å². The van der Waals surface area contributed by atoms with E-state index in [1.165, 1.54) is 50.2 Å². The molecule has 2 aromatic heterocycles. The zero-order valence-electron chi connectivity index (χ0n) is 19.7. The lowest BCUT2D eigenvalue weighted by Crippen LogP contribution is -2.44. The van der Waals surface area contributed by atoms with Gasteiger partial charge in [-0.2, -0.15) is 10.2 Å². The van der Waals surface area contributed by atoms with Gasteiger partial charge in [-0.1, -0.05) is 6.07 Å². The smallest absolute Gasteiger partial charge is 0.256 e. The Morgan fingerprint density at radius 3 is 2.22 bits per heavy atom. The third-order valence-corrected chi connectivity index (χ3v) is 6.56. The van der Waals surface area contributed by atoms with E-state index in [2.05, 4.69) is 20.2 Å². The molecule has 2 fully saturated rings. The number of hydrogen-bond donors (Lipinski definition) is 1. The van der Waals surface area contributed by atoms with Crippen molar-refractivity contribution in [3.63, 3.8) is 0 Å². The average molecular weight is 505 g/mol. The van der Waals surface area contributed by atoms with Gasteiger partial charge in [0.15, 0.2) is 23.0 Å². The van der Waals surface area contributed by atoms with Gasteiger partial charge in [-0.3, -0.25) is 4.79 Å². The van der Waals surface area contributed by atoms with Crippen molar-refractivity contribution in [2.75, 3.05) is 31.1 Å². The van der Waals surface area contributed by atoms with Crippen LogP contribution in [0.5, 0.6) is 0 Å². The van der Waals surface area contributed by atoms with E-state index in [-0.39, 0.29) is 28.6 Å². The van der Waals surface area contributed by atoms with E-state index in [0.29, 0.717) is 0 Å². The summed E-state index contributed by atoms with van der Waals surface area (Å²) in [5, 5.41) is 18.0. The maximum Gasteiger partial charge on any atom is 0.256 e. The summed E-state index contributed by atoms with van der Waals surface area (Å²) in [6.45, 7) is 1.86. The Kier molecular flexibility index (Phi) is 5.32. The highest BCUT2D eigenvalue weighted by Crippen LogP contribution is 2.46. The van der Waals surface area contributed by atoms with E-state index in [1.807, 2.05) is 0 Å². The van der Waals surface area contributed by atoms with Crippen LogP contribution in [0.2, 0.25) is 0 Å². The lowest BCUT2D eigenvalue weighted by atomic mass is 9.94. The largest absolute Gasteiger partial charge is 0.384 e. The van der Waals surface area contributed by atoms with Gasteiger partial charge in [0.2, 0.25) is 5.95 Å². The first-order valence-electron chi connectivity index (χ1n) is 11.2. The molecule has 2 saturated heterocycles. The molecule has 0 bridgehead atoms. The fraction of sp³-hybridized carbons (Fsp3) is 0.435. The normalized spacial score (nSPS) is 23.9. The Balaban J connectivity index is 1.42. The molecule has 1 amide bonds. The number of aromatic nitrogens is 5. The molecule has 1 aromatic carbocycles. The first-order chi connectivity index (χ1) is 16.8. The lowest BCUT2D eigenvalue weighted by molar-refractivity contribution is 0.0491.